The number of nitro groups is 1. The van der Waals surface area contributed by atoms with E-state index in [-0.39, 0.29) is 16.0 Å². The lowest BCUT2D eigenvalue weighted by Gasteiger charge is -2.51. The van der Waals surface area contributed by atoms with Gasteiger partial charge in [-0.15, -0.1) is 0 Å². The third kappa shape index (κ3) is 3.80. The summed E-state index contributed by atoms with van der Waals surface area (Å²) in [5.74, 6) is 0. The average Bonchev–Trinajstić information content (AvgIpc) is 2.74. The largest absolute Gasteiger partial charge is 0.269 e. The summed E-state index contributed by atoms with van der Waals surface area (Å²) in [7, 11) is -3.97. The second-order valence-corrected chi connectivity index (χ2v) is 11.5. The summed E-state index contributed by atoms with van der Waals surface area (Å²) >= 11 is 0. The fourth-order valence-corrected chi connectivity index (χ4v) is 6.93. The topological polar surface area (TPSA) is 80.5 Å². The number of benzene rings is 3. The number of aryl methyl sites for hydroxylation is 2. The molecule has 1 unspecified atom stereocenters. The van der Waals surface area contributed by atoms with Crippen LogP contribution in [-0.4, -0.2) is 18.9 Å². The van der Waals surface area contributed by atoms with Crippen molar-refractivity contribution in [2.75, 3.05) is 4.31 Å². The quantitative estimate of drug-likeness (QED) is 0.356. The predicted octanol–water partition coefficient (Wildman–Crippen LogP) is 5.90. The lowest BCUT2D eigenvalue weighted by molar-refractivity contribution is -0.384. The van der Waals surface area contributed by atoms with Crippen LogP contribution in [0.3, 0.4) is 0 Å². The van der Waals surface area contributed by atoms with E-state index in [9.17, 15) is 18.5 Å². The fourth-order valence-electron chi connectivity index (χ4n) is 5.11. The minimum absolute atomic E-state index is 0.0339. The summed E-state index contributed by atoms with van der Waals surface area (Å²) in [6, 6.07) is 19.4. The van der Waals surface area contributed by atoms with E-state index in [1.54, 1.807) is 0 Å². The first-order valence-corrected chi connectivity index (χ1v) is 12.3. The number of nitrogens with zero attached hydrogens (tertiary/aromatic N) is 2. The molecule has 1 heterocycles. The Kier molecular flexibility index (Phi) is 5.36. The summed E-state index contributed by atoms with van der Waals surface area (Å²) in [5, 5.41) is 11.0. The van der Waals surface area contributed by atoms with Gasteiger partial charge in [0.15, 0.2) is 0 Å². The molecule has 1 atom stereocenters. The summed E-state index contributed by atoms with van der Waals surface area (Å²) in [5.41, 5.74) is 3.68. The molecular formula is C26H28N2O4S. The van der Waals surface area contributed by atoms with Gasteiger partial charge in [-0.2, -0.15) is 0 Å². The van der Waals surface area contributed by atoms with E-state index in [0.29, 0.717) is 12.1 Å². The molecule has 0 radical (unpaired) electrons. The number of rotatable bonds is 4. The van der Waals surface area contributed by atoms with Gasteiger partial charge in [-0.1, -0.05) is 54.4 Å². The Labute approximate surface area is 195 Å². The van der Waals surface area contributed by atoms with Gasteiger partial charge < -0.3 is 0 Å². The van der Waals surface area contributed by atoms with E-state index >= 15 is 0 Å². The highest BCUT2D eigenvalue weighted by molar-refractivity contribution is 7.93. The van der Waals surface area contributed by atoms with Crippen molar-refractivity contribution in [3.8, 4) is 0 Å². The number of non-ortho nitro benzene ring substituents is 1. The molecule has 172 valence electrons. The van der Waals surface area contributed by atoms with Gasteiger partial charge in [0.05, 0.1) is 21.0 Å². The lowest BCUT2D eigenvalue weighted by atomic mass is 9.66. The molecule has 3 aromatic rings. The molecule has 7 heteroatoms. The zero-order chi connectivity index (χ0) is 24.2. The monoisotopic (exact) mass is 464 g/mol. The van der Waals surface area contributed by atoms with Crippen molar-refractivity contribution >= 4 is 21.4 Å². The highest BCUT2D eigenvalue weighted by Crippen LogP contribution is 2.52. The number of hydrogen-bond donors (Lipinski definition) is 0. The van der Waals surface area contributed by atoms with Crippen LogP contribution in [0.4, 0.5) is 11.4 Å². The summed E-state index contributed by atoms with van der Waals surface area (Å²) in [6.45, 7) is 10.1. The molecular weight excluding hydrogens is 436 g/mol. The van der Waals surface area contributed by atoms with E-state index in [0.717, 1.165) is 16.7 Å². The van der Waals surface area contributed by atoms with Gasteiger partial charge in [0, 0.05) is 17.5 Å². The molecule has 0 saturated carbocycles. The molecule has 0 spiro atoms. The minimum Gasteiger partial charge on any atom is -0.260 e. The molecule has 0 aliphatic carbocycles. The Morgan fingerprint density at radius 1 is 0.879 bits per heavy atom. The Bertz CT molecular complexity index is 1330. The number of fused-ring (bicyclic) bond motifs is 1. The summed E-state index contributed by atoms with van der Waals surface area (Å²) < 4.78 is 29.3. The van der Waals surface area contributed by atoms with Crippen molar-refractivity contribution in [2.45, 2.75) is 56.9 Å². The van der Waals surface area contributed by atoms with Gasteiger partial charge >= 0.3 is 0 Å². The first-order valence-electron chi connectivity index (χ1n) is 10.8. The first-order chi connectivity index (χ1) is 15.4. The van der Waals surface area contributed by atoms with E-state index in [2.05, 4.69) is 37.3 Å². The maximum absolute atomic E-state index is 13.9. The van der Waals surface area contributed by atoms with E-state index < -0.39 is 20.5 Å². The highest BCUT2D eigenvalue weighted by Gasteiger charge is 2.50. The molecule has 0 N–H and O–H groups in total. The van der Waals surface area contributed by atoms with Crippen molar-refractivity contribution in [3.63, 3.8) is 0 Å². The van der Waals surface area contributed by atoms with Crippen LogP contribution in [-0.2, 0) is 15.4 Å². The van der Waals surface area contributed by atoms with Crippen LogP contribution in [0.2, 0.25) is 0 Å². The van der Waals surface area contributed by atoms with Gasteiger partial charge in [-0.05, 0) is 63.4 Å². The van der Waals surface area contributed by atoms with Crippen LogP contribution in [0.5, 0.6) is 0 Å². The number of anilines is 1. The van der Waals surface area contributed by atoms with Gasteiger partial charge in [-0.25, -0.2) is 8.42 Å². The zero-order valence-corrected chi connectivity index (χ0v) is 20.3. The molecule has 4 rings (SSSR count). The van der Waals surface area contributed by atoms with Crippen LogP contribution >= 0.6 is 0 Å². The van der Waals surface area contributed by atoms with Crippen LogP contribution in [0.15, 0.2) is 71.6 Å². The molecule has 0 aromatic heterocycles. The van der Waals surface area contributed by atoms with Crippen molar-refractivity contribution in [1.29, 1.82) is 0 Å². The van der Waals surface area contributed by atoms with Crippen LogP contribution in [0.1, 0.15) is 49.4 Å². The predicted molar refractivity (Wildman–Crippen MR) is 130 cm³/mol. The molecule has 33 heavy (non-hydrogen) atoms. The van der Waals surface area contributed by atoms with E-state index in [1.807, 2.05) is 39.8 Å². The van der Waals surface area contributed by atoms with Crippen molar-refractivity contribution in [2.24, 2.45) is 0 Å². The molecule has 1 aliphatic rings. The van der Waals surface area contributed by atoms with Gasteiger partial charge in [0.25, 0.3) is 15.7 Å². The molecule has 0 amide bonds. The van der Waals surface area contributed by atoms with Gasteiger partial charge in [0.1, 0.15) is 0 Å². The van der Waals surface area contributed by atoms with E-state index in [1.165, 1.54) is 34.1 Å². The standard InChI is InChI=1S/C26H28N2O4S/c1-18-6-9-20(10-7-18)26(5)17-25(3,4)27(24-15-8-19(2)16-23(24)26)33(31,32)22-13-11-21(12-14-22)28(29)30/h6-16H,17H2,1-5H3. The molecule has 3 aromatic carbocycles. The summed E-state index contributed by atoms with van der Waals surface area (Å²) in [4.78, 5) is 10.5. The zero-order valence-electron chi connectivity index (χ0n) is 19.5. The fraction of sp³-hybridized carbons (Fsp3) is 0.308. The smallest absolute Gasteiger partial charge is 0.260 e. The molecule has 0 bridgehead atoms. The number of hydrogen-bond acceptors (Lipinski definition) is 4. The Morgan fingerprint density at radius 2 is 1.45 bits per heavy atom. The van der Waals surface area contributed by atoms with E-state index in [4.69, 9.17) is 0 Å². The Morgan fingerprint density at radius 3 is 2.03 bits per heavy atom. The van der Waals surface area contributed by atoms with Crippen molar-refractivity contribution in [1.82, 2.24) is 0 Å². The Hall–Kier alpha value is -3.19. The van der Waals surface area contributed by atoms with Crippen molar-refractivity contribution < 1.29 is 13.3 Å². The first kappa shape index (κ1) is 23.0. The molecule has 1 aliphatic heterocycles. The minimum atomic E-state index is -3.97. The van der Waals surface area contributed by atoms with Crippen LogP contribution < -0.4 is 4.31 Å². The number of sulfonamides is 1. The van der Waals surface area contributed by atoms with Gasteiger partial charge in [-0.3, -0.25) is 14.4 Å². The molecule has 0 fully saturated rings. The van der Waals surface area contributed by atoms with Crippen LogP contribution in [0.25, 0.3) is 0 Å². The van der Waals surface area contributed by atoms with Crippen molar-refractivity contribution in [3.05, 3.63) is 99.1 Å². The second kappa shape index (κ2) is 7.70. The maximum atomic E-state index is 13.9. The molecule has 6 nitrogen and oxygen atoms in total. The summed E-state index contributed by atoms with van der Waals surface area (Å²) in [6.07, 6.45) is 0.575. The van der Waals surface area contributed by atoms with Crippen LogP contribution in [0, 0.1) is 24.0 Å². The third-order valence-electron chi connectivity index (χ3n) is 6.58. The highest BCUT2D eigenvalue weighted by atomic mass is 32.2. The lowest BCUT2D eigenvalue weighted by Crippen LogP contribution is -2.55. The molecule has 0 saturated heterocycles. The van der Waals surface area contributed by atoms with Gasteiger partial charge in [0.2, 0.25) is 0 Å². The third-order valence-corrected chi connectivity index (χ3v) is 8.62. The normalized spacial score (nSPS) is 19.7. The second-order valence-electron chi connectivity index (χ2n) is 9.73. The Balaban J connectivity index is 1.92. The number of nitro benzene ring substituents is 1. The SMILES string of the molecule is Cc1ccc(C2(C)CC(C)(C)N(S(=O)(=O)c3ccc([N+](=O)[O-])cc3)c3ccc(C)cc32)cc1. The maximum Gasteiger partial charge on any atom is 0.269 e. The average molecular weight is 465 g/mol.